The van der Waals surface area contributed by atoms with E-state index in [-0.39, 0.29) is 0 Å². The Balaban J connectivity index is 2.85. The zero-order valence-corrected chi connectivity index (χ0v) is 8.65. The normalized spacial score (nSPS) is 9.15. The van der Waals surface area contributed by atoms with Crippen LogP contribution in [0.25, 0.3) is 0 Å². The van der Waals surface area contributed by atoms with Crippen LogP contribution in [-0.2, 0) is 0 Å². The molecule has 1 aromatic rings. The van der Waals surface area contributed by atoms with Gasteiger partial charge in [-0.25, -0.2) is 4.98 Å². The molecule has 0 bridgehead atoms. The minimum Gasteiger partial charge on any atom is -0.247 e. The van der Waals surface area contributed by atoms with E-state index in [0.29, 0.717) is 5.88 Å². The van der Waals surface area contributed by atoms with Crippen molar-refractivity contribution >= 4 is 11.6 Å². The molecule has 0 radical (unpaired) electrons. The molecule has 2 heteroatoms. The van der Waals surface area contributed by atoms with Crippen molar-refractivity contribution in [3.8, 4) is 11.8 Å². The van der Waals surface area contributed by atoms with Gasteiger partial charge in [0.25, 0.3) is 0 Å². The summed E-state index contributed by atoms with van der Waals surface area (Å²) >= 11 is 5.51. The van der Waals surface area contributed by atoms with Crippen LogP contribution in [-0.4, -0.2) is 10.9 Å². The van der Waals surface area contributed by atoms with Crippen molar-refractivity contribution in [1.82, 2.24) is 4.98 Å². The van der Waals surface area contributed by atoms with Crippen LogP contribution in [0.3, 0.4) is 0 Å². The molecule has 68 valence electrons. The van der Waals surface area contributed by atoms with Crippen molar-refractivity contribution < 1.29 is 0 Å². The number of hydrogen-bond donors (Lipinski definition) is 0. The first-order valence-electron chi connectivity index (χ1n) is 4.22. The average molecular weight is 194 g/mol. The van der Waals surface area contributed by atoms with Crippen LogP contribution in [0.4, 0.5) is 0 Å². The minimum atomic E-state index is 0.581. The van der Waals surface area contributed by atoms with Gasteiger partial charge in [0.05, 0.1) is 0 Å². The quantitative estimate of drug-likeness (QED) is 0.494. The number of alkyl halides is 1. The summed E-state index contributed by atoms with van der Waals surface area (Å²) < 4.78 is 0. The first kappa shape index (κ1) is 10.1. The summed E-state index contributed by atoms with van der Waals surface area (Å²) in [6.45, 7) is 4.04. The predicted octanol–water partition coefficient (Wildman–Crippen LogP) is 2.68. The molecule has 13 heavy (non-hydrogen) atoms. The van der Waals surface area contributed by atoms with Gasteiger partial charge in [0.2, 0.25) is 0 Å². The van der Waals surface area contributed by atoms with E-state index in [4.69, 9.17) is 11.6 Å². The van der Waals surface area contributed by atoms with Crippen LogP contribution in [0.5, 0.6) is 0 Å². The Morgan fingerprint density at radius 1 is 1.46 bits per heavy atom. The molecule has 1 rings (SSSR count). The fourth-order valence-corrected chi connectivity index (χ4v) is 1.13. The van der Waals surface area contributed by atoms with Crippen LogP contribution in [0.15, 0.2) is 12.3 Å². The van der Waals surface area contributed by atoms with E-state index < -0.39 is 0 Å². The number of rotatable bonds is 1. The third-order valence-corrected chi connectivity index (χ3v) is 1.83. The third kappa shape index (κ3) is 3.08. The lowest BCUT2D eigenvalue weighted by molar-refractivity contribution is 1.18. The van der Waals surface area contributed by atoms with Crippen molar-refractivity contribution in [2.75, 3.05) is 5.88 Å². The van der Waals surface area contributed by atoms with E-state index in [1.54, 1.807) is 0 Å². The smallest absolute Gasteiger partial charge is 0.116 e. The van der Waals surface area contributed by atoms with Crippen LogP contribution in [0, 0.1) is 25.7 Å². The molecule has 0 aliphatic rings. The van der Waals surface area contributed by atoms with Crippen molar-refractivity contribution in [2.45, 2.75) is 20.3 Å². The van der Waals surface area contributed by atoms with E-state index in [1.165, 1.54) is 5.56 Å². The van der Waals surface area contributed by atoms with Crippen LogP contribution in [0.1, 0.15) is 23.2 Å². The van der Waals surface area contributed by atoms with Gasteiger partial charge in [-0.1, -0.05) is 12.0 Å². The zero-order valence-electron chi connectivity index (χ0n) is 7.89. The first-order valence-corrected chi connectivity index (χ1v) is 4.75. The molecule has 0 N–H and O–H groups in total. The van der Waals surface area contributed by atoms with E-state index in [2.05, 4.69) is 22.9 Å². The molecule has 1 aromatic heterocycles. The average Bonchev–Trinajstić information content (AvgIpc) is 2.09. The minimum absolute atomic E-state index is 0.581. The van der Waals surface area contributed by atoms with Gasteiger partial charge in [0.15, 0.2) is 0 Å². The molecule has 0 saturated heterocycles. The van der Waals surface area contributed by atoms with Gasteiger partial charge in [-0.3, -0.25) is 0 Å². The lowest BCUT2D eigenvalue weighted by atomic mass is 10.2. The Labute approximate surface area is 84.1 Å². The fraction of sp³-hybridized carbons (Fsp3) is 0.364. The summed E-state index contributed by atoms with van der Waals surface area (Å²) in [6.07, 6.45) is 2.55. The van der Waals surface area contributed by atoms with Crippen LogP contribution in [0.2, 0.25) is 0 Å². The maximum Gasteiger partial charge on any atom is 0.116 e. The number of pyridine rings is 1. The predicted molar refractivity (Wildman–Crippen MR) is 55.9 cm³/mol. The molecule has 1 heterocycles. The van der Waals surface area contributed by atoms with E-state index in [0.717, 1.165) is 17.7 Å². The Kier molecular flexibility index (Phi) is 3.79. The largest absolute Gasteiger partial charge is 0.247 e. The molecule has 0 fully saturated rings. The van der Waals surface area contributed by atoms with Crippen LogP contribution < -0.4 is 0 Å². The summed E-state index contributed by atoms with van der Waals surface area (Å²) in [6, 6.07) is 2.08. The van der Waals surface area contributed by atoms with Crippen molar-refractivity contribution in [2.24, 2.45) is 0 Å². The van der Waals surface area contributed by atoms with E-state index in [1.807, 2.05) is 20.0 Å². The third-order valence-electron chi connectivity index (χ3n) is 1.64. The number of aromatic nitrogens is 1. The van der Waals surface area contributed by atoms with E-state index in [9.17, 15) is 0 Å². The lowest BCUT2D eigenvalue weighted by Crippen LogP contribution is -1.88. The maximum absolute atomic E-state index is 5.51. The summed E-state index contributed by atoms with van der Waals surface area (Å²) in [7, 11) is 0. The van der Waals surface area contributed by atoms with Gasteiger partial charge in [-0.05, 0) is 30.9 Å². The highest BCUT2D eigenvalue weighted by atomic mass is 35.5. The summed E-state index contributed by atoms with van der Waals surface area (Å²) in [5.41, 5.74) is 3.15. The molecule has 0 aliphatic carbocycles. The Hall–Kier alpha value is -1.00. The second-order valence-corrected chi connectivity index (χ2v) is 3.30. The fourth-order valence-electron chi connectivity index (χ4n) is 1.04. The molecule has 0 amide bonds. The Bertz CT molecular complexity index is 347. The van der Waals surface area contributed by atoms with Gasteiger partial charge >= 0.3 is 0 Å². The molecule has 0 aliphatic heterocycles. The highest BCUT2D eigenvalue weighted by molar-refractivity contribution is 6.18. The van der Waals surface area contributed by atoms with Gasteiger partial charge < -0.3 is 0 Å². The summed E-state index contributed by atoms with van der Waals surface area (Å²) in [5, 5.41) is 0. The molecular formula is C11H12ClN. The maximum atomic E-state index is 5.51. The molecule has 0 unspecified atom stereocenters. The molecular weight excluding hydrogens is 182 g/mol. The summed E-state index contributed by atoms with van der Waals surface area (Å²) in [5.74, 6) is 6.54. The molecule has 1 nitrogen and oxygen atoms in total. The molecule has 0 saturated carbocycles. The highest BCUT2D eigenvalue weighted by Crippen LogP contribution is 2.05. The number of nitrogens with zero attached hydrogens (tertiary/aromatic N) is 1. The van der Waals surface area contributed by atoms with Gasteiger partial charge in [0, 0.05) is 18.5 Å². The van der Waals surface area contributed by atoms with Crippen molar-refractivity contribution in [3.63, 3.8) is 0 Å². The first-order chi connectivity index (χ1) is 6.24. The Morgan fingerprint density at radius 2 is 2.23 bits per heavy atom. The molecule has 0 spiro atoms. The number of hydrogen-bond acceptors (Lipinski definition) is 1. The standard InChI is InChI=1S/C11H12ClN/c1-9-7-10(2)11(13-8-9)5-3-4-6-12/h7-8H,4,6H2,1-2H3. The number of aryl methyl sites for hydroxylation is 2. The lowest BCUT2D eigenvalue weighted by Gasteiger charge is -1.97. The SMILES string of the molecule is Cc1cnc(C#CCCCl)c(C)c1. The van der Waals surface area contributed by atoms with E-state index >= 15 is 0 Å². The Morgan fingerprint density at radius 3 is 2.85 bits per heavy atom. The van der Waals surface area contributed by atoms with Crippen LogP contribution >= 0.6 is 11.6 Å². The topological polar surface area (TPSA) is 12.9 Å². The van der Waals surface area contributed by atoms with Gasteiger partial charge in [0.1, 0.15) is 5.69 Å². The van der Waals surface area contributed by atoms with Crippen molar-refractivity contribution in [3.05, 3.63) is 29.1 Å². The summed E-state index contributed by atoms with van der Waals surface area (Å²) in [4.78, 5) is 4.23. The zero-order chi connectivity index (χ0) is 9.68. The molecule has 0 aromatic carbocycles. The van der Waals surface area contributed by atoms with Crippen molar-refractivity contribution in [1.29, 1.82) is 0 Å². The number of halogens is 1. The highest BCUT2D eigenvalue weighted by Gasteiger charge is 1.94. The monoisotopic (exact) mass is 193 g/mol. The second kappa shape index (κ2) is 4.89. The molecule has 0 atom stereocenters. The van der Waals surface area contributed by atoms with Gasteiger partial charge in [-0.15, -0.1) is 11.6 Å². The van der Waals surface area contributed by atoms with Gasteiger partial charge in [-0.2, -0.15) is 0 Å². The second-order valence-electron chi connectivity index (χ2n) is 2.92.